The van der Waals surface area contributed by atoms with Gasteiger partial charge in [-0.05, 0) is 62.6 Å². The molecule has 8 heteroatoms. The minimum Gasteiger partial charge on any atom is -0.508 e. The molecular weight excluding hydrogens is 446 g/mol. The molecule has 0 radical (unpaired) electrons. The van der Waals surface area contributed by atoms with E-state index in [9.17, 15) is 19.8 Å². The second-order valence-electron chi connectivity index (χ2n) is 8.18. The number of rotatable bonds is 8. The summed E-state index contributed by atoms with van der Waals surface area (Å²) in [7, 11) is 1.41. The minimum absolute atomic E-state index is 0.0480. The van der Waals surface area contributed by atoms with Gasteiger partial charge in [0, 0.05) is 13.2 Å². The average molecular weight is 474 g/mol. The van der Waals surface area contributed by atoms with E-state index >= 15 is 0 Å². The minimum atomic E-state index is -0.839. The summed E-state index contributed by atoms with van der Waals surface area (Å²) in [4.78, 5) is 27.6. The molecule has 2 N–H and O–H groups in total. The first kappa shape index (κ1) is 24.6. The van der Waals surface area contributed by atoms with Crippen molar-refractivity contribution < 1.29 is 29.3 Å². The summed E-state index contributed by atoms with van der Waals surface area (Å²) in [5.74, 6) is -1.62. The summed E-state index contributed by atoms with van der Waals surface area (Å²) in [6.07, 6.45) is 0.561. The molecule has 1 amide bonds. The number of ketones is 1. The van der Waals surface area contributed by atoms with Gasteiger partial charge >= 0.3 is 0 Å². The van der Waals surface area contributed by atoms with Crippen LogP contribution in [-0.2, 0) is 14.3 Å². The van der Waals surface area contributed by atoms with E-state index in [2.05, 4.69) is 0 Å². The van der Waals surface area contributed by atoms with Crippen molar-refractivity contribution in [3.8, 4) is 11.5 Å². The molecule has 1 fully saturated rings. The van der Waals surface area contributed by atoms with E-state index in [0.717, 1.165) is 5.56 Å². The Hall–Kier alpha value is -3.03. The Morgan fingerprint density at radius 1 is 1.18 bits per heavy atom. The lowest BCUT2D eigenvalue weighted by atomic mass is 9.94. The molecule has 0 bridgehead atoms. The van der Waals surface area contributed by atoms with Crippen molar-refractivity contribution in [1.29, 1.82) is 0 Å². The normalized spacial score (nSPS) is 17.8. The number of aliphatic hydroxyl groups is 1. The van der Waals surface area contributed by atoms with Gasteiger partial charge < -0.3 is 24.6 Å². The Labute approximate surface area is 198 Å². The number of carbonyl (C=O) groups excluding carboxylic acids is 2. The number of halogens is 1. The Morgan fingerprint density at radius 2 is 1.85 bits per heavy atom. The Balaban J connectivity index is 2.13. The second-order valence-corrected chi connectivity index (χ2v) is 8.59. The van der Waals surface area contributed by atoms with E-state index in [1.807, 2.05) is 13.8 Å². The van der Waals surface area contributed by atoms with Crippen LogP contribution in [0.1, 0.15) is 43.0 Å². The van der Waals surface area contributed by atoms with Crippen molar-refractivity contribution in [2.75, 3.05) is 20.3 Å². The summed E-state index contributed by atoms with van der Waals surface area (Å²) >= 11 is 6.30. The summed E-state index contributed by atoms with van der Waals surface area (Å²) in [5, 5.41) is 21.3. The first-order chi connectivity index (χ1) is 15.6. The van der Waals surface area contributed by atoms with Crippen LogP contribution < -0.4 is 4.74 Å². The molecule has 2 aromatic rings. The van der Waals surface area contributed by atoms with Crippen molar-refractivity contribution in [3.05, 3.63) is 63.7 Å². The lowest BCUT2D eigenvalue weighted by Crippen LogP contribution is -2.31. The van der Waals surface area contributed by atoms with E-state index in [-0.39, 0.29) is 46.1 Å². The van der Waals surface area contributed by atoms with Crippen LogP contribution in [0, 0.1) is 6.92 Å². The fourth-order valence-corrected chi connectivity index (χ4v) is 4.28. The van der Waals surface area contributed by atoms with Gasteiger partial charge in [-0.2, -0.15) is 0 Å². The van der Waals surface area contributed by atoms with Gasteiger partial charge in [-0.1, -0.05) is 23.7 Å². The lowest BCUT2D eigenvalue weighted by molar-refractivity contribution is -0.140. The van der Waals surface area contributed by atoms with Crippen LogP contribution in [0.2, 0.25) is 5.02 Å². The van der Waals surface area contributed by atoms with Gasteiger partial charge in [-0.25, -0.2) is 0 Å². The summed E-state index contributed by atoms with van der Waals surface area (Å²) in [6, 6.07) is 8.69. The average Bonchev–Trinajstić information content (AvgIpc) is 3.01. The van der Waals surface area contributed by atoms with Crippen molar-refractivity contribution in [2.45, 2.75) is 39.3 Å². The zero-order chi connectivity index (χ0) is 24.3. The molecule has 0 aromatic heterocycles. The first-order valence-electron chi connectivity index (χ1n) is 10.7. The second kappa shape index (κ2) is 10.3. The quantitative estimate of drug-likeness (QED) is 0.252. The van der Waals surface area contributed by atoms with E-state index in [1.165, 1.54) is 24.1 Å². The number of hydrogen-bond donors (Lipinski definition) is 2. The van der Waals surface area contributed by atoms with Crippen LogP contribution >= 0.6 is 11.6 Å². The molecule has 1 saturated heterocycles. The Kier molecular flexibility index (Phi) is 7.66. The van der Waals surface area contributed by atoms with Crippen LogP contribution in [0.3, 0.4) is 0 Å². The maximum atomic E-state index is 13.1. The number of benzene rings is 2. The molecule has 7 nitrogen and oxygen atoms in total. The fourth-order valence-electron chi connectivity index (χ4n) is 3.93. The van der Waals surface area contributed by atoms with E-state index in [1.54, 1.807) is 31.2 Å². The summed E-state index contributed by atoms with van der Waals surface area (Å²) in [5.41, 5.74) is 1.50. The van der Waals surface area contributed by atoms with Gasteiger partial charge in [0.2, 0.25) is 0 Å². The van der Waals surface area contributed by atoms with Crippen molar-refractivity contribution >= 4 is 29.1 Å². The molecule has 2 aromatic carbocycles. The molecule has 1 atom stereocenters. The van der Waals surface area contributed by atoms with E-state index in [0.29, 0.717) is 18.6 Å². The number of ether oxygens (including phenoxy) is 2. The van der Waals surface area contributed by atoms with Crippen molar-refractivity contribution in [2.24, 2.45) is 0 Å². The highest BCUT2D eigenvalue weighted by atomic mass is 35.5. The third kappa shape index (κ3) is 5.15. The third-order valence-corrected chi connectivity index (χ3v) is 5.67. The van der Waals surface area contributed by atoms with Crippen molar-refractivity contribution in [3.63, 3.8) is 0 Å². The predicted molar refractivity (Wildman–Crippen MR) is 126 cm³/mol. The number of aliphatic hydroxyl groups excluding tert-OH is 1. The fraction of sp³-hybridized carbons (Fsp3) is 0.360. The number of Topliss-reactive ketones (excluding diaryl/α,β-unsaturated/α-hetero) is 1. The molecule has 176 valence electrons. The smallest absolute Gasteiger partial charge is 0.295 e. The molecule has 1 heterocycles. The number of amides is 1. The molecule has 3 rings (SSSR count). The van der Waals surface area contributed by atoms with Gasteiger partial charge in [0.05, 0.1) is 35.4 Å². The summed E-state index contributed by atoms with van der Waals surface area (Å²) in [6.45, 7) is 6.31. The van der Waals surface area contributed by atoms with E-state index in [4.69, 9.17) is 21.1 Å². The van der Waals surface area contributed by atoms with Crippen LogP contribution in [0.5, 0.6) is 11.5 Å². The number of aryl methyl sites for hydroxylation is 1. The molecule has 1 aliphatic rings. The number of methoxy groups -OCH3 is 1. The number of phenolic OH excluding ortho intramolecular Hbond substituents is 1. The van der Waals surface area contributed by atoms with Crippen LogP contribution in [0.15, 0.2) is 42.0 Å². The van der Waals surface area contributed by atoms with Gasteiger partial charge in [-0.3, -0.25) is 9.59 Å². The highest BCUT2D eigenvalue weighted by molar-refractivity contribution is 6.46. The molecule has 0 aliphatic carbocycles. The zero-order valence-electron chi connectivity index (χ0n) is 19.1. The maximum absolute atomic E-state index is 13.1. The largest absolute Gasteiger partial charge is 0.508 e. The number of nitrogens with zero attached hydrogens (tertiary/aromatic N) is 1. The Bertz CT molecular complexity index is 1080. The van der Waals surface area contributed by atoms with Crippen LogP contribution in [-0.4, -0.2) is 53.2 Å². The van der Waals surface area contributed by atoms with Crippen LogP contribution in [0.25, 0.3) is 5.76 Å². The SMILES string of the molecule is COc1c(Cl)cc(C)cc1/C(O)=C1\C(=O)C(=O)N(CCCOC(C)C)C1c1ccc(O)cc1. The number of carbonyl (C=O) groups is 2. The number of phenols is 1. The standard InChI is InChI=1S/C25H28ClNO6/c1-14(2)33-11-5-10-27-21(16-6-8-17(28)9-7-16)20(23(30)25(27)31)22(29)18-12-15(3)13-19(26)24(18)32-4/h6-9,12-14,21,28-29H,5,10-11H2,1-4H3/b22-20+. The zero-order valence-corrected chi connectivity index (χ0v) is 19.8. The van der Waals surface area contributed by atoms with Gasteiger partial charge in [0.25, 0.3) is 11.7 Å². The maximum Gasteiger partial charge on any atom is 0.295 e. The topological polar surface area (TPSA) is 96.3 Å². The molecule has 0 spiro atoms. The molecular formula is C25H28ClNO6. The van der Waals surface area contributed by atoms with Gasteiger partial charge in [0.15, 0.2) is 0 Å². The third-order valence-electron chi connectivity index (χ3n) is 5.39. The first-order valence-corrected chi connectivity index (χ1v) is 11.1. The number of likely N-dealkylation sites (tertiary alicyclic amines) is 1. The molecule has 1 aliphatic heterocycles. The number of aromatic hydroxyl groups is 1. The molecule has 1 unspecified atom stereocenters. The highest BCUT2D eigenvalue weighted by Gasteiger charge is 2.46. The highest BCUT2D eigenvalue weighted by Crippen LogP contribution is 2.43. The summed E-state index contributed by atoms with van der Waals surface area (Å²) < 4.78 is 10.9. The number of hydrogen-bond acceptors (Lipinski definition) is 6. The molecule has 33 heavy (non-hydrogen) atoms. The van der Waals surface area contributed by atoms with Crippen molar-refractivity contribution in [1.82, 2.24) is 4.90 Å². The van der Waals surface area contributed by atoms with Gasteiger partial charge in [-0.15, -0.1) is 0 Å². The van der Waals surface area contributed by atoms with Crippen LogP contribution in [0.4, 0.5) is 0 Å². The van der Waals surface area contributed by atoms with Gasteiger partial charge in [0.1, 0.15) is 17.3 Å². The lowest BCUT2D eigenvalue weighted by Gasteiger charge is -2.25. The molecule has 0 saturated carbocycles. The monoisotopic (exact) mass is 473 g/mol. The predicted octanol–water partition coefficient (Wildman–Crippen LogP) is 4.60. The van der Waals surface area contributed by atoms with E-state index < -0.39 is 17.7 Å². The Morgan fingerprint density at radius 3 is 2.45 bits per heavy atom.